The molecule has 3 atom stereocenters. The van der Waals surface area contributed by atoms with E-state index in [4.69, 9.17) is 10.5 Å². The van der Waals surface area contributed by atoms with E-state index in [1.165, 1.54) is 0 Å². The zero-order valence-electron chi connectivity index (χ0n) is 10.6. The van der Waals surface area contributed by atoms with Gasteiger partial charge in [-0.25, -0.2) is 0 Å². The van der Waals surface area contributed by atoms with Gasteiger partial charge < -0.3 is 10.5 Å². The average Bonchev–Trinajstić information content (AvgIpc) is 3.01. The van der Waals surface area contributed by atoms with Crippen molar-refractivity contribution in [2.24, 2.45) is 0 Å². The molecule has 3 heterocycles. The van der Waals surface area contributed by atoms with E-state index in [9.17, 15) is 4.79 Å². The summed E-state index contributed by atoms with van der Waals surface area (Å²) >= 11 is 0. The molecule has 0 saturated carbocycles. The van der Waals surface area contributed by atoms with Gasteiger partial charge in [0.2, 0.25) is 0 Å². The number of nitrogen functional groups attached to an aromatic ring is 1. The van der Waals surface area contributed by atoms with Gasteiger partial charge in [-0.05, 0) is 36.8 Å². The predicted octanol–water partition coefficient (Wildman–Crippen LogP) is 2.08. The van der Waals surface area contributed by atoms with Crippen molar-refractivity contribution in [1.29, 1.82) is 0 Å². The van der Waals surface area contributed by atoms with Gasteiger partial charge in [0.1, 0.15) is 5.82 Å². The minimum absolute atomic E-state index is 0.0109. The first kappa shape index (κ1) is 11.1. The number of fused-ring (bicyclic) bond motifs is 3. The highest BCUT2D eigenvalue weighted by atomic mass is 16.5. The van der Waals surface area contributed by atoms with Gasteiger partial charge in [-0.1, -0.05) is 18.2 Å². The van der Waals surface area contributed by atoms with Crippen LogP contribution in [0.3, 0.4) is 0 Å². The van der Waals surface area contributed by atoms with E-state index in [1.54, 1.807) is 4.57 Å². The number of pyridine rings is 1. The Kier molecular flexibility index (Phi) is 2.23. The van der Waals surface area contributed by atoms with Gasteiger partial charge in [-0.3, -0.25) is 9.36 Å². The number of benzene rings is 1. The number of nitrogens with two attached hydrogens (primary N) is 1. The van der Waals surface area contributed by atoms with Crippen LogP contribution in [-0.2, 0) is 4.74 Å². The molecule has 0 radical (unpaired) electrons. The van der Waals surface area contributed by atoms with E-state index in [1.807, 2.05) is 30.3 Å². The summed E-state index contributed by atoms with van der Waals surface area (Å²) < 4.78 is 7.59. The molecule has 4 nitrogen and oxygen atoms in total. The summed E-state index contributed by atoms with van der Waals surface area (Å²) in [5.41, 5.74) is 6.12. The van der Waals surface area contributed by atoms with Gasteiger partial charge >= 0.3 is 0 Å². The zero-order chi connectivity index (χ0) is 13.0. The third kappa shape index (κ3) is 1.53. The lowest BCUT2D eigenvalue weighted by Gasteiger charge is -2.23. The highest BCUT2D eigenvalue weighted by Gasteiger charge is 2.42. The molecule has 0 aliphatic carbocycles. The Balaban J connectivity index is 1.92. The van der Waals surface area contributed by atoms with E-state index in [0.717, 1.165) is 30.0 Å². The largest absolute Gasteiger partial charge is 0.385 e. The molecule has 1 aromatic heterocycles. The molecule has 2 saturated heterocycles. The Labute approximate surface area is 110 Å². The van der Waals surface area contributed by atoms with Crippen LogP contribution >= 0.6 is 0 Å². The Morgan fingerprint density at radius 2 is 2.11 bits per heavy atom. The molecule has 2 aromatic rings. The molecule has 2 aliphatic rings. The second-order valence-corrected chi connectivity index (χ2v) is 5.51. The number of aromatic nitrogens is 1. The third-order valence-electron chi connectivity index (χ3n) is 4.40. The molecule has 4 heteroatoms. The van der Waals surface area contributed by atoms with Crippen LogP contribution in [0.4, 0.5) is 5.82 Å². The molecule has 4 rings (SSSR count). The lowest BCUT2D eigenvalue weighted by Crippen LogP contribution is -2.32. The van der Waals surface area contributed by atoms with Crippen LogP contribution in [0.5, 0.6) is 0 Å². The molecule has 0 spiro atoms. The standard InChI is InChI=1S/C15H16N2O2/c16-14-7-9-3-1-2-4-11(9)15(18)17(14)12-8-10-5-6-13(12)19-10/h1-4,7,10,12-13H,5-6,8,16H2. The fourth-order valence-corrected chi connectivity index (χ4v) is 3.52. The maximum Gasteiger partial charge on any atom is 0.260 e. The predicted molar refractivity (Wildman–Crippen MR) is 74.2 cm³/mol. The Morgan fingerprint density at radius 3 is 2.84 bits per heavy atom. The van der Waals surface area contributed by atoms with Crippen molar-refractivity contribution in [2.45, 2.75) is 37.5 Å². The van der Waals surface area contributed by atoms with Crippen LogP contribution < -0.4 is 11.3 Å². The van der Waals surface area contributed by atoms with Gasteiger partial charge in [-0.2, -0.15) is 0 Å². The van der Waals surface area contributed by atoms with E-state index in [0.29, 0.717) is 11.9 Å². The van der Waals surface area contributed by atoms with E-state index >= 15 is 0 Å². The highest BCUT2D eigenvalue weighted by Crippen LogP contribution is 2.42. The van der Waals surface area contributed by atoms with Crippen LogP contribution in [-0.4, -0.2) is 16.8 Å². The average molecular weight is 256 g/mol. The summed E-state index contributed by atoms with van der Waals surface area (Å²) in [5.74, 6) is 0.546. The van der Waals surface area contributed by atoms with Gasteiger partial charge in [-0.15, -0.1) is 0 Å². The maximum absolute atomic E-state index is 12.6. The lowest BCUT2D eigenvalue weighted by atomic mass is 9.95. The molecule has 3 unspecified atom stereocenters. The Bertz CT molecular complexity index is 707. The SMILES string of the molecule is Nc1cc2ccccc2c(=O)n1C1CC2CCC1O2. The summed E-state index contributed by atoms with van der Waals surface area (Å²) in [4.78, 5) is 12.6. The summed E-state index contributed by atoms with van der Waals surface area (Å²) in [6.45, 7) is 0. The molecular weight excluding hydrogens is 240 g/mol. The minimum Gasteiger partial charge on any atom is -0.385 e. The zero-order valence-corrected chi connectivity index (χ0v) is 10.6. The number of hydrogen-bond acceptors (Lipinski definition) is 3. The monoisotopic (exact) mass is 256 g/mol. The molecule has 0 amide bonds. The topological polar surface area (TPSA) is 57.2 Å². The van der Waals surface area contributed by atoms with E-state index in [-0.39, 0.29) is 17.7 Å². The summed E-state index contributed by atoms with van der Waals surface area (Å²) in [6.07, 6.45) is 3.53. The lowest BCUT2D eigenvalue weighted by molar-refractivity contribution is 0.0937. The molecule has 2 aliphatic heterocycles. The van der Waals surface area contributed by atoms with Crippen molar-refractivity contribution < 1.29 is 4.74 Å². The molecular formula is C15H16N2O2. The molecule has 2 fully saturated rings. The second kappa shape index (κ2) is 3.84. The van der Waals surface area contributed by atoms with Crippen molar-refractivity contribution in [3.8, 4) is 0 Å². The fraction of sp³-hybridized carbons (Fsp3) is 0.400. The van der Waals surface area contributed by atoms with Crippen molar-refractivity contribution in [3.05, 3.63) is 40.7 Å². The highest BCUT2D eigenvalue weighted by molar-refractivity contribution is 5.83. The summed E-state index contributed by atoms with van der Waals surface area (Å²) in [6, 6.07) is 9.60. The van der Waals surface area contributed by atoms with E-state index < -0.39 is 0 Å². The number of anilines is 1. The minimum atomic E-state index is 0.0109. The second-order valence-electron chi connectivity index (χ2n) is 5.51. The summed E-state index contributed by atoms with van der Waals surface area (Å²) in [5, 5.41) is 1.64. The van der Waals surface area contributed by atoms with Gasteiger partial charge in [0, 0.05) is 5.39 Å². The first-order chi connectivity index (χ1) is 9.24. The van der Waals surface area contributed by atoms with Gasteiger partial charge in [0.05, 0.1) is 18.2 Å². The molecule has 98 valence electrons. The summed E-state index contributed by atoms with van der Waals surface area (Å²) in [7, 11) is 0. The van der Waals surface area contributed by atoms with Crippen LogP contribution in [0.2, 0.25) is 0 Å². The van der Waals surface area contributed by atoms with Crippen LogP contribution in [0.15, 0.2) is 35.1 Å². The van der Waals surface area contributed by atoms with Crippen LogP contribution in [0.25, 0.3) is 10.8 Å². The Hall–Kier alpha value is -1.81. The quantitative estimate of drug-likeness (QED) is 0.849. The number of nitrogens with zero attached hydrogens (tertiary/aromatic N) is 1. The number of rotatable bonds is 1. The molecule has 2 bridgehead atoms. The van der Waals surface area contributed by atoms with E-state index in [2.05, 4.69) is 0 Å². The van der Waals surface area contributed by atoms with Crippen molar-refractivity contribution in [3.63, 3.8) is 0 Å². The Morgan fingerprint density at radius 1 is 1.26 bits per heavy atom. The van der Waals surface area contributed by atoms with Crippen molar-refractivity contribution in [1.82, 2.24) is 4.57 Å². The van der Waals surface area contributed by atoms with Gasteiger partial charge in [0.25, 0.3) is 5.56 Å². The first-order valence-electron chi connectivity index (χ1n) is 6.79. The van der Waals surface area contributed by atoms with Crippen LogP contribution in [0.1, 0.15) is 25.3 Å². The molecule has 2 N–H and O–H groups in total. The van der Waals surface area contributed by atoms with Crippen LogP contribution in [0, 0.1) is 0 Å². The third-order valence-corrected chi connectivity index (χ3v) is 4.40. The van der Waals surface area contributed by atoms with Crippen molar-refractivity contribution in [2.75, 3.05) is 5.73 Å². The smallest absolute Gasteiger partial charge is 0.260 e. The molecule has 1 aromatic carbocycles. The normalized spacial score (nSPS) is 29.2. The van der Waals surface area contributed by atoms with Gasteiger partial charge in [0.15, 0.2) is 0 Å². The fourth-order valence-electron chi connectivity index (χ4n) is 3.52. The first-order valence-corrected chi connectivity index (χ1v) is 6.79. The van der Waals surface area contributed by atoms with Crippen molar-refractivity contribution >= 4 is 16.6 Å². The number of hydrogen-bond donors (Lipinski definition) is 1. The molecule has 19 heavy (non-hydrogen) atoms. The number of ether oxygens (including phenoxy) is 1. The maximum atomic E-state index is 12.6.